The third-order valence-corrected chi connectivity index (χ3v) is 5.22. The van der Waals surface area contributed by atoms with Crippen molar-refractivity contribution < 1.29 is 14.3 Å². The van der Waals surface area contributed by atoms with Crippen LogP contribution in [0.25, 0.3) is 0 Å². The summed E-state index contributed by atoms with van der Waals surface area (Å²) in [6.45, 7) is 4.80. The average molecular weight is 383 g/mol. The maximum atomic E-state index is 11.7. The van der Waals surface area contributed by atoms with Gasteiger partial charge in [0, 0.05) is 6.42 Å². The lowest BCUT2D eigenvalue weighted by molar-refractivity contribution is -0.154. The van der Waals surface area contributed by atoms with Crippen molar-refractivity contribution in [1.29, 1.82) is 0 Å². The Morgan fingerprint density at radius 1 is 0.519 bits per heavy atom. The molecule has 3 nitrogen and oxygen atoms in total. The van der Waals surface area contributed by atoms with E-state index in [1.807, 2.05) is 0 Å². The molecule has 0 N–H and O–H groups in total. The van der Waals surface area contributed by atoms with Gasteiger partial charge in [0.25, 0.3) is 0 Å². The second kappa shape index (κ2) is 21.4. The Morgan fingerprint density at radius 2 is 0.889 bits per heavy atom. The predicted molar refractivity (Wildman–Crippen MR) is 115 cm³/mol. The first-order valence-electron chi connectivity index (χ1n) is 11.9. The maximum Gasteiger partial charge on any atom is 0.374 e. The summed E-state index contributed by atoms with van der Waals surface area (Å²) in [5.41, 5.74) is 0. The molecule has 0 saturated carbocycles. The second-order valence-corrected chi connectivity index (χ2v) is 7.97. The molecule has 0 rings (SSSR count). The highest BCUT2D eigenvalue weighted by Crippen LogP contribution is 2.13. The first-order chi connectivity index (χ1) is 13.2. The van der Waals surface area contributed by atoms with Gasteiger partial charge >= 0.3 is 5.97 Å². The molecule has 3 heteroatoms. The number of unbranched alkanes of at least 4 members (excludes halogenated alkanes) is 16. The molecule has 0 aromatic rings. The molecule has 0 aliphatic carbocycles. The van der Waals surface area contributed by atoms with Crippen LogP contribution in [0.4, 0.5) is 0 Å². The molecule has 0 fully saturated rings. The van der Waals surface area contributed by atoms with Crippen LogP contribution in [0.5, 0.6) is 0 Å². The summed E-state index contributed by atoms with van der Waals surface area (Å²) >= 11 is 0. The number of esters is 1. The standard InChI is InChI=1S/C24H46O3/c1-3-5-7-9-10-11-12-13-14-15-16-17-18-19-21-23(25)24(26)27-22-20-8-6-4-2/h3-22H2,1-2H3. The van der Waals surface area contributed by atoms with Crippen molar-refractivity contribution in [2.24, 2.45) is 0 Å². The molecule has 0 aliphatic rings. The molecule has 0 bridgehead atoms. The lowest BCUT2D eigenvalue weighted by Crippen LogP contribution is -2.17. The van der Waals surface area contributed by atoms with Crippen LogP contribution in [0.15, 0.2) is 0 Å². The average Bonchev–Trinajstić information content (AvgIpc) is 2.67. The SMILES string of the molecule is CCCCCCCCCCCCCCCCC(=O)C(=O)OCCCCCC. The summed E-state index contributed by atoms with van der Waals surface area (Å²) in [4.78, 5) is 23.3. The summed E-state index contributed by atoms with van der Waals surface area (Å²) in [5.74, 6) is -0.967. The van der Waals surface area contributed by atoms with Crippen LogP contribution in [0, 0.1) is 0 Å². The predicted octanol–water partition coefficient (Wildman–Crippen LogP) is 7.55. The van der Waals surface area contributed by atoms with Crippen molar-refractivity contribution in [1.82, 2.24) is 0 Å². The van der Waals surface area contributed by atoms with Crippen molar-refractivity contribution in [3.63, 3.8) is 0 Å². The lowest BCUT2D eigenvalue weighted by atomic mass is 10.0. The molecule has 0 unspecified atom stereocenters. The van der Waals surface area contributed by atoms with Crippen LogP contribution in [0.1, 0.15) is 136 Å². The van der Waals surface area contributed by atoms with Gasteiger partial charge in [-0.25, -0.2) is 4.79 Å². The van der Waals surface area contributed by atoms with Crippen molar-refractivity contribution in [3.8, 4) is 0 Å². The van der Waals surface area contributed by atoms with Crippen LogP contribution in [-0.4, -0.2) is 18.4 Å². The van der Waals surface area contributed by atoms with E-state index < -0.39 is 5.97 Å². The first-order valence-corrected chi connectivity index (χ1v) is 11.9. The molecule has 0 amide bonds. The molecule has 0 heterocycles. The van der Waals surface area contributed by atoms with Gasteiger partial charge < -0.3 is 4.74 Å². The first kappa shape index (κ1) is 26.1. The molecular weight excluding hydrogens is 336 g/mol. The van der Waals surface area contributed by atoms with Gasteiger partial charge in [0.05, 0.1) is 6.61 Å². The topological polar surface area (TPSA) is 43.4 Å². The van der Waals surface area contributed by atoms with Crippen LogP contribution < -0.4 is 0 Å². The highest BCUT2D eigenvalue weighted by Gasteiger charge is 2.14. The molecule has 160 valence electrons. The lowest BCUT2D eigenvalue weighted by Gasteiger charge is -2.04. The van der Waals surface area contributed by atoms with E-state index in [2.05, 4.69) is 13.8 Å². The zero-order chi connectivity index (χ0) is 20.0. The number of carbonyl (C=O) groups excluding carboxylic acids is 2. The number of hydrogen-bond donors (Lipinski definition) is 0. The second-order valence-electron chi connectivity index (χ2n) is 7.97. The Kier molecular flexibility index (Phi) is 20.8. The van der Waals surface area contributed by atoms with Gasteiger partial charge in [-0.05, 0) is 12.8 Å². The Labute approximate surface area is 169 Å². The number of rotatable bonds is 21. The number of carbonyl (C=O) groups is 2. The summed E-state index contributed by atoms with van der Waals surface area (Å²) in [6.07, 6.45) is 22.7. The van der Waals surface area contributed by atoms with E-state index in [0.717, 1.165) is 38.5 Å². The van der Waals surface area contributed by atoms with Gasteiger partial charge in [-0.3, -0.25) is 4.79 Å². The minimum atomic E-state index is -0.624. The molecule has 0 aromatic carbocycles. The fraction of sp³-hybridized carbons (Fsp3) is 0.917. The van der Waals surface area contributed by atoms with Gasteiger partial charge in [-0.2, -0.15) is 0 Å². The van der Waals surface area contributed by atoms with Crippen LogP contribution in [0.3, 0.4) is 0 Å². The number of ketones is 1. The molecular formula is C24H46O3. The number of Topliss-reactive ketones (excluding diaryl/α,β-unsaturated/α-hetero) is 1. The number of hydrogen-bond acceptors (Lipinski definition) is 3. The Bertz CT molecular complexity index is 339. The Hall–Kier alpha value is -0.860. The Morgan fingerprint density at radius 3 is 1.33 bits per heavy atom. The van der Waals surface area contributed by atoms with Gasteiger partial charge in [0.2, 0.25) is 5.78 Å². The van der Waals surface area contributed by atoms with E-state index in [0.29, 0.717) is 13.0 Å². The van der Waals surface area contributed by atoms with E-state index in [4.69, 9.17) is 4.74 Å². The summed E-state index contributed by atoms with van der Waals surface area (Å²) in [7, 11) is 0. The molecule has 0 spiro atoms. The zero-order valence-electron chi connectivity index (χ0n) is 18.4. The van der Waals surface area contributed by atoms with Crippen LogP contribution in [-0.2, 0) is 14.3 Å². The highest BCUT2D eigenvalue weighted by molar-refractivity contribution is 6.33. The summed E-state index contributed by atoms with van der Waals surface area (Å²) in [6, 6.07) is 0. The summed E-state index contributed by atoms with van der Waals surface area (Å²) < 4.78 is 5.03. The highest BCUT2D eigenvalue weighted by atomic mass is 16.5. The third kappa shape index (κ3) is 19.7. The monoisotopic (exact) mass is 382 g/mol. The zero-order valence-corrected chi connectivity index (χ0v) is 18.4. The van der Waals surface area contributed by atoms with E-state index in [1.165, 1.54) is 77.0 Å². The quantitative estimate of drug-likeness (QED) is 0.117. The van der Waals surface area contributed by atoms with Crippen molar-refractivity contribution >= 4 is 11.8 Å². The minimum absolute atomic E-state index is 0.343. The minimum Gasteiger partial charge on any atom is -0.460 e. The van der Waals surface area contributed by atoms with Gasteiger partial charge in [-0.15, -0.1) is 0 Å². The van der Waals surface area contributed by atoms with Crippen molar-refractivity contribution in [3.05, 3.63) is 0 Å². The Balaban J connectivity index is 3.27. The molecule has 0 atom stereocenters. The third-order valence-electron chi connectivity index (χ3n) is 5.22. The summed E-state index contributed by atoms with van der Waals surface area (Å²) in [5, 5.41) is 0. The van der Waals surface area contributed by atoms with Crippen molar-refractivity contribution in [2.45, 2.75) is 136 Å². The van der Waals surface area contributed by atoms with Crippen LogP contribution >= 0.6 is 0 Å². The fourth-order valence-corrected chi connectivity index (χ4v) is 3.36. The molecule has 0 aliphatic heterocycles. The van der Waals surface area contributed by atoms with Gasteiger partial charge in [0.15, 0.2) is 0 Å². The van der Waals surface area contributed by atoms with E-state index in [9.17, 15) is 9.59 Å². The van der Waals surface area contributed by atoms with Gasteiger partial charge in [-0.1, -0.05) is 117 Å². The maximum absolute atomic E-state index is 11.7. The normalized spacial score (nSPS) is 10.9. The van der Waals surface area contributed by atoms with E-state index in [-0.39, 0.29) is 5.78 Å². The number of ether oxygens (including phenoxy) is 1. The molecule has 0 radical (unpaired) electrons. The largest absolute Gasteiger partial charge is 0.460 e. The van der Waals surface area contributed by atoms with E-state index >= 15 is 0 Å². The molecule has 0 saturated heterocycles. The fourth-order valence-electron chi connectivity index (χ4n) is 3.36. The van der Waals surface area contributed by atoms with Crippen molar-refractivity contribution in [2.75, 3.05) is 6.61 Å². The smallest absolute Gasteiger partial charge is 0.374 e. The van der Waals surface area contributed by atoms with Gasteiger partial charge in [0.1, 0.15) is 0 Å². The van der Waals surface area contributed by atoms with E-state index in [1.54, 1.807) is 0 Å². The molecule has 27 heavy (non-hydrogen) atoms. The van der Waals surface area contributed by atoms with Crippen LogP contribution in [0.2, 0.25) is 0 Å². The molecule has 0 aromatic heterocycles.